The van der Waals surface area contributed by atoms with Crippen LogP contribution in [0.4, 0.5) is 0 Å². The van der Waals surface area contributed by atoms with Gasteiger partial charge in [0.1, 0.15) is 0 Å². The van der Waals surface area contributed by atoms with Crippen LogP contribution in [0.5, 0.6) is 0 Å². The minimum atomic E-state index is 0.680. The Hall–Kier alpha value is -0.0800. The van der Waals surface area contributed by atoms with Crippen LogP contribution in [0, 0.1) is 5.92 Å². The molecule has 0 bridgehead atoms. The van der Waals surface area contributed by atoms with Crippen molar-refractivity contribution in [3.63, 3.8) is 0 Å². The van der Waals surface area contributed by atoms with Crippen molar-refractivity contribution in [3.8, 4) is 0 Å². The third kappa shape index (κ3) is 4.06. The van der Waals surface area contributed by atoms with Gasteiger partial charge in [-0.25, -0.2) is 0 Å². The normalized spacial score (nSPS) is 29.2. The molecule has 0 aromatic carbocycles. The Morgan fingerprint density at radius 3 is 2.62 bits per heavy atom. The first-order chi connectivity index (χ1) is 7.78. The Labute approximate surface area is 101 Å². The van der Waals surface area contributed by atoms with Crippen molar-refractivity contribution < 1.29 is 0 Å². The van der Waals surface area contributed by atoms with E-state index in [0.29, 0.717) is 6.04 Å². The van der Waals surface area contributed by atoms with Crippen LogP contribution in [0.2, 0.25) is 0 Å². The van der Waals surface area contributed by atoms with E-state index >= 15 is 0 Å². The zero-order valence-electron chi connectivity index (χ0n) is 11.0. The summed E-state index contributed by atoms with van der Waals surface area (Å²) >= 11 is 0. The molecular weight excluding hydrogens is 196 g/mol. The van der Waals surface area contributed by atoms with Gasteiger partial charge in [-0.2, -0.15) is 0 Å². The molecule has 1 heterocycles. The highest BCUT2D eigenvalue weighted by Crippen LogP contribution is 2.34. The topological polar surface area (TPSA) is 24.1 Å². The van der Waals surface area contributed by atoms with E-state index in [1.54, 1.807) is 0 Å². The molecule has 2 aliphatic rings. The fourth-order valence-electron chi connectivity index (χ4n) is 2.96. The first kappa shape index (κ1) is 12.4. The molecule has 2 heteroatoms. The standard InChI is InChI=1S/C14H28N2/c1-3-13(10-12-6-7-12)16-11(2)9-14-5-4-8-15-14/h11-16H,3-10H2,1-2H3. The molecule has 3 atom stereocenters. The molecule has 2 nitrogen and oxygen atoms in total. The minimum Gasteiger partial charge on any atom is -0.314 e. The molecule has 94 valence electrons. The fraction of sp³-hybridized carbons (Fsp3) is 1.00. The third-order valence-corrected chi connectivity index (χ3v) is 4.13. The van der Waals surface area contributed by atoms with Gasteiger partial charge >= 0.3 is 0 Å². The van der Waals surface area contributed by atoms with Crippen molar-refractivity contribution in [3.05, 3.63) is 0 Å². The Morgan fingerprint density at radius 1 is 1.25 bits per heavy atom. The second-order valence-corrected chi connectivity index (χ2v) is 5.88. The van der Waals surface area contributed by atoms with Gasteiger partial charge in [-0.3, -0.25) is 0 Å². The van der Waals surface area contributed by atoms with Gasteiger partial charge in [0.05, 0.1) is 0 Å². The van der Waals surface area contributed by atoms with Crippen molar-refractivity contribution in [2.45, 2.75) is 76.9 Å². The predicted octanol–water partition coefficient (Wildman–Crippen LogP) is 2.69. The lowest BCUT2D eigenvalue weighted by molar-refractivity contribution is 0.362. The van der Waals surface area contributed by atoms with Crippen LogP contribution in [0.25, 0.3) is 0 Å². The smallest absolute Gasteiger partial charge is 0.00822 e. The molecule has 1 aliphatic carbocycles. The summed E-state index contributed by atoms with van der Waals surface area (Å²) in [5.41, 5.74) is 0. The van der Waals surface area contributed by atoms with E-state index in [0.717, 1.165) is 18.0 Å². The van der Waals surface area contributed by atoms with Crippen molar-refractivity contribution in [1.82, 2.24) is 10.6 Å². The first-order valence-electron chi connectivity index (χ1n) is 7.27. The Kier molecular flexibility index (Phi) is 4.66. The fourth-order valence-corrected chi connectivity index (χ4v) is 2.96. The maximum absolute atomic E-state index is 3.82. The molecule has 0 aromatic heterocycles. The SMILES string of the molecule is CCC(CC1CC1)NC(C)CC1CCCN1. The first-order valence-corrected chi connectivity index (χ1v) is 7.27. The van der Waals surface area contributed by atoms with Crippen LogP contribution >= 0.6 is 0 Å². The summed E-state index contributed by atoms with van der Waals surface area (Å²) in [7, 11) is 0. The molecule has 0 radical (unpaired) electrons. The third-order valence-electron chi connectivity index (χ3n) is 4.13. The number of hydrogen-bond acceptors (Lipinski definition) is 2. The van der Waals surface area contributed by atoms with Crippen LogP contribution in [0.1, 0.15) is 58.8 Å². The largest absolute Gasteiger partial charge is 0.314 e. The molecule has 1 aliphatic heterocycles. The van der Waals surface area contributed by atoms with E-state index in [4.69, 9.17) is 0 Å². The van der Waals surface area contributed by atoms with Gasteiger partial charge in [-0.05, 0) is 51.5 Å². The lowest BCUT2D eigenvalue weighted by Gasteiger charge is -2.24. The summed E-state index contributed by atoms with van der Waals surface area (Å²) in [4.78, 5) is 0. The van der Waals surface area contributed by atoms with E-state index in [1.807, 2.05) is 0 Å². The molecule has 0 spiro atoms. The highest BCUT2D eigenvalue weighted by molar-refractivity contribution is 4.83. The Morgan fingerprint density at radius 2 is 2.06 bits per heavy atom. The quantitative estimate of drug-likeness (QED) is 0.695. The van der Waals surface area contributed by atoms with Gasteiger partial charge in [-0.15, -0.1) is 0 Å². The van der Waals surface area contributed by atoms with Crippen LogP contribution in [0.3, 0.4) is 0 Å². The molecule has 2 N–H and O–H groups in total. The number of rotatable bonds is 7. The Balaban J connectivity index is 1.64. The highest BCUT2D eigenvalue weighted by Gasteiger charge is 2.26. The van der Waals surface area contributed by atoms with Crippen LogP contribution in [-0.2, 0) is 0 Å². The lowest BCUT2D eigenvalue weighted by Crippen LogP contribution is -2.40. The molecule has 16 heavy (non-hydrogen) atoms. The zero-order chi connectivity index (χ0) is 11.4. The predicted molar refractivity (Wildman–Crippen MR) is 69.7 cm³/mol. The van der Waals surface area contributed by atoms with Gasteiger partial charge in [0.15, 0.2) is 0 Å². The molecule has 2 fully saturated rings. The van der Waals surface area contributed by atoms with Crippen molar-refractivity contribution in [1.29, 1.82) is 0 Å². The van der Waals surface area contributed by atoms with Gasteiger partial charge in [0.2, 0.25) is 0 Å². The van der Waals surface area contributed by atoms with Crippen molar-refractivity contribution in [2.75, 3.05) is 6.54 Å². The van der Waals surface area contributed by atoms with Gasteiger partial charge < -0.3 is 10.6 Å². The molecule has 0 aromatic rings. The maximum atomic E-state index is 3.82. The van der Waals surface area contributed by atoms with E-state index < -0.39 is 0 Å². The molecule has 1 saturated carbocycles. The molecule has 1 saturated heterocycles. The van der Waals surface area contributed by atoms with Crippen LogP contribution in [-0.4, -0.2) is 24.7 Å². The lowest BCUT2D eigenvalue weighted by atomic mass is 10.0. The van der Waals surface area contributed by atoms with E-state index in [-0.39, 0.29) is 0 Å². The van der Waals surface area contributed by atoms with E-state index in [2.05, 4.69) is 24.5 Å². The monoisotopic (exact) mass is 224 g/mol. The van der Waals surface area contributed by atoms with Gasteiger partial charge in [0, 0.05) is 18.1 Å². The van der Waals surface area contributed by atoms with E-state index in [9.17, 15) is 0 Å². The Bertz CT molecular complexity index is 195. The number of nitrogens with one attached hydrogen (secondary N) is 2. The second kappa shape index (κ2) is 6.02. The summed E-state index contributed by atoms with van der Waals surface area (Å²) < 4.78 is 0. The summed E-state index contributed by atoms with van der Waals surface area (Å²) in [6.07, 6.45) is 9.73. The average molecular weight is 224 g/mol. The van der Waals surface area contributed by atoms with Crippen LogP contribution < -0.4 is 10.6 Å². The maximum Gasteiger partial charge on any atom is 0.00822 e. The summed E-state index contributed by atoms with van der Waals surface area (Å²) in [6.45, 7) is 5.91. The van der Waals surface area contributed by atoms with E-state index in [1.165, 1.54) is 51.5 Å². The van der Waals surface area contributed by atoms with Gasteiger partial charge in [-0.1, -0.05) is 19.8 Å². The second-order valence-electron chi connectivity index (χ2n) is 5.88. The summed E-state index contributed by atoms with van der Waals surface area (Å²) in [5, 5.41) is 7.42. The molecular formula is C14H28N2. The molecule has 2 rings (SSSR count). The van der Waals surface area contributed by atoms with Gasteiger partial charge in [0.25, 0.3) is 0 Å². The average Bonchev–Trinajstić information content (AvgIpc) is 2.93. The molecule has 3 unspecified atom stereocenters. The molecule has 0 amide bonds. The zero-order valence-corrected chi connectivity index (χ0v) is 11.0. The van der Waals surface area contributed by atoms with Crippen LogP contribution in [0.15, 0.2) is 0 Å². The summed E-state index contributed by atoms with van der Waals surface area (Å²) in [6, 6.07) is 2.23. The minimum absolute atomic E-state index is 0.680. The van der Waals surface area contributed by atoms with Crippen molar-refractivity contribution >= 4 is 0 Å². The highest BCUT2D eigenvalue weighted by atomic mass is 15.0. The number of hydrogen-bond donors (Lipinski definition) is 2. The summed E-state index contributed by atoms with van der Waals surface area (Å²) in [5.74, 6) is 1.05. The van der Waals surface area contributed by atoms with Crippen molar-refractivity contribution in [2.24, 2.45) is 5.92 Å².